The van der Waals surface area contributed by atoms with E-state index < -0.39 is 70.1 Å². The molecule has 4 amide bonds. The van der Waals surface area contributed by atoms with Crippen LogP contribution < -0.4 is 9.80 Å². The van der Waals surface area contributed by atoms with Crippen molar-refractivity contribution in [1.82, 2.24) is 0 Å². The Kier molecular flexibility index (Phi) is 5.12. The van der Waals surface area contributed by atoms with E-state index in [1.165, 1.54) is 20.3 Å². The Bertz CT molecular complexity index is 1370. The molecule has 9 rings (SSSR count). The number of benzene rings is 1. The van der Waals surface area contributed by atoms with Crippen LogP contribution in [0.2, 0.25) is 0 Å². The molecule has 0 aromatic heterocycles. The van der Waals surface area contributed by atoms with Gasteiger partial charge in [0.2, 0.25) is 23.6 Å². The van der Waals surface area contributed by atoms with Crippen molar-refractivity contribution >= 4 is 46.9 Å². The largest absolute Gasteiger partial charge is 0.468 e. The first kappa shape index (κ1) is 24.9. The van der Waals surface area contributed by atoms with Crippen LogP contribution in [0.4, 0.5) is 11.4 Å². The van der Waals surface area contributed by atoms with Gasteiger partial charge in [-0.3, -0.25) is 28.8 Å². The van der Waals surface area contributed by atoms with Crippen LogP contribution in [0.15, 0.2) is 48.6 Å². The second kappa shape index (κ2) is 8.22. The number of ether oxygens (including phenoxy) is 2. The van der Waals surface area contributed by atoms with Crippen LogP contribution in [0, 0.1) is 46.3 Å². The summed E-state index contributed by atoms with van der Waals surface area (Å²) in [6.45, 7) is 0. The number of imide groups is 2. The zero-order valence-electron chi connectivity index (χ0n) is 22.1. The molecule has 40 heavy (non-hydrogen) atoms. The minimum absolute atomic E-state index is 0.163. The van der Waals surface area contributed by atoms with Crippen molar-refractivity contribution in [3.63, 3.8) is 0 Å². The van der Waals surface area contributed by atoms with E-state index in [9.17, 15) is 28.8 Å². The number of nitrogens with zero attached hydrogens (tertiary/aromatic N) is 2. The van der Waals surface area contributed by atoms with Crippen LogP contribution in [0.1, 0.15) is 25.7 Å². The third-order valence-corrected chi connectivity index (χ3v) is 10.3. The molecule has 2 saturated heterocycles. The van der Waals surface area contributed by atoms with Gasteiger partial charge in [-0.15, -0.1) is 0 Å². The molecule has 0 N–H and O–H groups in total. The summed E-state index contributed by atoms with van der Waals surface area (Å²) >= 11 is 0. The average Bonchev–Trinajstić information content (AvgIpc) is 3.44. The van der Waals surface area contributed by atoms with E-state index in [0.717, 1.165) is 9.80 Å². The van der Waals surface area contributed by atoms with Gasteiger partial charge in [-0.05, 0) is 55.7 Å². The maximum atomic E-state index is 13.8. The monoisotopic (exact) mass is 544 g/mol. The molecule has 0 spiro atoms. The number of hydrogen-bond acceptors (Lipinski definition) is 8. The molecule has 10 nitrogen and oxygen atoms in total. The molecule has 2 saturated carbocycles. The molecule has 2 heterocycles. The predicted octanol–water partition coefficient (Wildman–Crippen LogP) is 2.18. The highest BCUT2D eigenvalue weighted by Gasteiger charge is 2.67. The smallest absolute Gasteiger partial charge is 0.316 e. The quantitative estimate of drug-likeness (QED) is 0.321. The van der Waals surface area contributed by atoms with Crippen LogP contribution in [0.25, 0.3) is 0 Å². The molecule has 10 heteroatoms. The molecule has 4 fully saturated rings. The lowest BCUT2D eigenvalue weighted by atomic mass is 9.55. The van der Waals surface area contributed by atoms with Crippen molar-refractivity contribution in [3.05, 3.63) is 48.6 Å². The van der Waals surface area contributed by atoms with Gasteiger partial charge in [0, 0.05) is 0 Å². The fraction of sp³-hybridized carbons (Fsp3) is 0.467. The second-order valence-corrected chi connectivity index (χ2v) is 11.7. The van der Waals surface area contributed by atoms with E-state index in [-0.39, 0.29) is 23.2 Å². The van der Waals surface area contributed by atoms with Crippen LogP contribution in [-0.4, -0.2) is 49.8 Å². The van der Waals surface area contributed by atoms with Crippen molar-refractivity contribution in [3.8, 4) is 0 Å². The van der Waals surface area contributed by atoms with E-state index in [1.807, 2.05) is 12.2 Å². The molecule has 4 bridgehead atoms. The summed E-state index contributed by atoms with van der Waals surface area (Å²) in [5.74, 6) is -6.33. The highest BCUT2D eigenvalue weighted by atomic mass is 16.5. The highest BCUT2D eigenvalue weighted by molar-refractivity contribution is 6.26. The second-order valence-electron chi connectivity index (χ2n) is 11.7. The molecular formula is C30H28N2O8. The van der Waals surface area contributed by atoms with Gasteiger partial charge in [0.15, 0.2) is 0 Å². The summed E-state index contributed by atoms with van der Waals surface area (Å²) in [5, 5.41) is 0. The summed E-state index contributed by atoms with van der Waals surface area (Å²) in [4.78, 5) is 83.0. The van der Waals surface area contributed by atoms with E-state index in [1.54, 1.807) is 30.4 Å². The van der Waals surface area contributed by atoms with Gasteiger partial charge in [-0.2, -0.15) is 0 Å². The lowest BCUT2D eigenvalue weighted by Gasteiger charge is -2.45. The van der Waals surface area contributed by atoms with Gasteiger partial charge < -0.3 is 9.47 Å². The predicted molar refractivity (Wildman–Crippen MR) is 138 cm³/mol. The van der Waals surface area contributed by atoms with E-state index in [2.05, 4.69) is 0 Å². The fourth-order valence-corrected chi connectivity index (χ4v) is 8.46. The molecule has 6 aliphatic carbocycles. The number of carbonyl (C=O) groups is 6. The van der Waals surface area contributed by atoms with Crippen molar-refractivity contribution < 1.29 is 38.2 Å². The Balaban J connectivity index is 1.25. The SMILES string of the molecule is COC(=O)[C@]12C=C[C@@H](CC1)[C@H]1C(=O)N(c3cccc(N4C(=O)[C@@H]5[C@@H]6C=C[C@](C(=O)OC)(CC6)[C@H]5C4=O)c3)C(=O)[C@H]12. The average molecular weight is 545 g/mol. The minimum Gasteiger partial charge on any atom is -0.468 e. The standard InChI is InChI=1S/C30H28N2O8/c1-39-27(37)29-10-6-15(7-11-29)19-21(29)25(35)31(23(19)33)17-4-3-5-18(14-17)32-24(34)20-16-8-12-30(13-9-16,28(38)40-2)22(20)26(32)36/h3-6,8,10,12,14-16,19-22H,7,9,11,13H2,1-2H3/t15-,16+,19-,20-,21-,22+,29+,30-/m1/s1. The van der Waals surface area contributed by atoms with Crippen molar-refractivity contribution in [1.29, 1.82) is 0 Å². The number of anilines is 2. The first-order chi connectivity index (χ1) is 19.2. The summed E-state index contributed by atoms with van der Waals surface area (Å²) in [7, 11) is 2.55. The highest BCUT2D eigenvalue weighted by Crippen LogP contribution is 2.59. The molecule has 2 aliphatic heterocycles. The summed E-state index contributed by atoms with van der Waals surface area (Å²) in [6, 6.07) is 6.23. The third-order valence-electron chi connectivity index (χ3n) is 10.3. The molecule has 1 aromatic rings. The number of methoxy groups -OCH3 is 2. The number of carbonyl (C=O) groups excluding carboxylic acids is 6. The Morgan fingerprint density at radius 1 is 0.725 bits per heavy atom. The number of fused-ring (bicyclic) bond motifs is 2. The number of allylic oxidation sites excluding steroid dienone is 2. The van der Waals surface area contributed by atoms with Gasteiger partial charge in [0.25, 0.3) is 0 Å². The van der Waals surface area contributed by atoms with Crippen LogP contribution in [0.5, 0.6) is 0 Å². The number of rotatable bonds is 4. The fourth-order valence-electron chi connectivity index (χ4n) is 8.46. The Labute approximate surface area is 229 Å². The molecule has 206 valence electrons. The summed E-state index contributed by atoms with van der Waals surface area (Å²) in [6.07, 6.45) is 9.17. The van der Waals surface area contributed by atoms with E-state index in [4.69, 9.17) is 9.47 Å². The topological polar surface area (TPSA) is 127 Å². The van der Waals surface area contributed by atoms with Crippen molar-refractivity contribution in [2.45, 2.75) is 25.7 Å². The summed E-state index contributed by atoms with van der Waals surface area (Å²) < 4.78 is 10.1. The molecular weight excluding hydrogens is 516 g/mol. The molecule has 8 atom stereocenters. The first-order valence-corrected chi connectivity index (χ1v) is 13.6. The zero-order chi connectivity index (χ0) is 28.1. The maximum absolute atomic E-state index is 13.8. The van der Waals surface area contributed by atoms with Gasteiger partial charge in [0.05, 0.1) is 60.1 Å². The van der Waals surface area contributed by atoms with Crippen molar-refractivity contribution in [2.75, 3.05) is 24.0 Å². The van der Waals surface area contributed by atoms with E-state index in [0.29, 0.717) is 25.7 Å². The molecule has 0 radical (unpaired) electrons. The summed E-state index contributed by atoms with van der Waals surface area (Å²) in [5.41, 5.74) is -1.95. The number of amides is 4. The lowest BCUT2D eigenvalue weighted by Crippen LogP contribution is -2.51. The minimum atomic E-state index is -1.20. The number of hydrogen-bond donors (Lipinski definition) is 0. The van der Waals surface area contributed by atoms with Gasteiger partial charge in [-0.1, -0.05) is 30.4 Å². The van der Waals surface area contributed by atoms with Crippen LogP contribution >= 0.6 is 0 Å². The van der Waals surface area contributed by atoms with Crippen molar-refractivity contribution in [2.24, 2.45) is 46.3 Å². The Morgan fingerprint density at radius 2 is 1.15 bits per heavy atom. The van der Waals surface area contributed by atoms with E-state index >= 15 is 0 Å². The molecule has 0 unspecified atom stereocenters. The zero-order valence-corrected chi connectivity index (χ0v) is 22.1. The van der Waals surface area contributed by atoms with Gasteiger partial charge in [0.1, 0.15) is 0 Å². The lowest BCUT2D eigenvalue weighted by molar-refractivity contribution is -0.161. The van der Waals surface area contributed by atoms with Crippen LogP contribution in [-0.2, 0) is 38.2 Å². The maximum Gasteiger partial charge on any atom is 0.316 e. The Morgan fingerprint density at radius 3 is 1.50 bits per heavy atom. The number of esters is 2. The van der Waals surface area contributed by atoms with Gasteiger partial charge in [-0.25, -0.2) is 9.80 Å². The normalized spacial score (nSPS) is 38.6. The van der Waals surface area contributed by atoms with Gasteiger partial charge >= 0.3 is 11.9 Å². The third kappa shape index (κ3) is 2.83. The molecule has 8 aliphatic rings. The first-order valence-electron chi connectivity index (χ1n) is 13.6. The van der Waals surface area contributed by atoms with Crippen LogP contribution in [0.3, 0.4) is 0 Å². The molecule has 1 aromatic carbocycles. The Hall–Kier alpha value is -4.08.